The zero-order valence-corrected chi connectivity index (χ0v) is 17.2. The third-order valence-corrected chi connectivity index (χ3v) is 6.36. The molecule has 6 heteroatoms. The number of hydrogen-bond acceptors (Lipinski definition) is 3. The van der Waals surface area contributed by atoms with Crippen molar-refractivity contribution in [2.45, 2.75) is 37.6 Å². The Morgan fingerprint density at radius 1 is 1.10 bits per heavy atom. The van der Waals surface area contributed by atoms with Crippen LogP contribution in [0, 0.1) is 17.6 Å². The fourth-order valence-corrected chi connectivity index (χ4v) is 4.98. The average Bonchev–Trinajstić information content (AvgIpc) is 2.73. The molecule has 2 aromatic rings. The normalized spacial score (nSPS) is 17.9. The van der Waals surface area contributed by atoms with Crippen LogP contribution in [0.5, 0.6) is 0 Å². The molecule has 0 aromatic heterocycles. The summed E-state index contributed by atoms with van der Waals surface area (Å²) in [4.78, 5) is 2.45. The lowest BCUT2D eigenvalue weighted by Crippen LogP contribution is -2.49. The molecule has 2 aromatic carbocycles. The maximum atomic E-state index is 14.9. The minimum Gasteiger partial charge on any atom is -0.396 e. The third-order valence-electron chi connectivity index (χ3n) is 6.36. The molecular weight excluding hydrogens is 369 g/mol. The Morgan fingerprint density at radius 3 is 2.45 bits per heavy atom. The summed E-state index contributed by atoms with van der Waals surface area (Å²) in [5.74, 6) is -0.761. The van der Waals surface area contributed by atoms with Crippen LogP contribution in [0.4, 0.5) is 8.78 Å². The van der Waals surface area contributed by atoms with E-state index in [-0.39, 0.29) is 12.5 Å². The van der Waals surface area contributed by atoms with Gasteiger partial charge in [-0.3, -0.25) is 4.90 Å². The highest BCUT2D eigenvalue weighted by atomic mass is 19.1. The first-order chi connectivity index (χ1) is 14.1. The number of aliphatic hydroxyl groups excluding tert-OH is 1. The van der Waals surface area contributed by atoms with E-state index >= 15 is 0 Å². The largest absolute Gasteiger partial charge is 0.396 e. The third kappa shape index (κ3) is 5.24. The van der Waals surface area contributed by atoms with Crippen molar-refractivity contribution in [3.05, 3.63) is 71.3 Å². The van der Waals surface area contributed by atoms with Gasteiger partial charge in [0.2, 0.25) is 0 Å². The van der Waals surface area contributed by atoms with Gasteiger partial charge in [0.25, 0.3) is 0 Å². The fourth-order valence-electron chi connectivity index (χ4n) is 4.98. The van der Waals surface area contributed by atoms with Gasteiger partial charge in [-0.1, -0.05) is 36.4 Å². The quantitative estimate of drug-likeness (QED) is 0.636. The summed E-state index contributed by atoms with van der Waals surface area (Å²) in [6.07, 6.45) is 3.19. The predicted molar refractivity (Wildman–Crippen MR) is 115 cm³/mol. The molecule has 0 bridgehead atoms. The van der Waals surface area contributed by atoms with Gasteiger partial charge in [-0.2, -0.15) is 0 Å². The molecule has 0 spiro atoms. The number of nitrogens with zero attached hydrogens (tertiary/aromatic N) is 1. The van der Waals surface area contributed by atoms with E-state index in [9.17, 15) is 13.9 Å². The van der Waals surface area contributed by atoms with E-state index in [4.69, 9.17) is 0 Å². The second-order valence-corrected chi connectivity index (χ2v) is 8.17. The van der Waals surface area contributed by atoms with Crippen LogP contribution >= 0.6 is 0 Å². The maximum absolute atomic E-state index is 14.9. The molecule has 0 aliphatic carbocycles. The first-order valence-corrected chi connectivity index (χ1v) is 10.6. The zero-order chi connectivity index (χ0) is 20.7. The molecule has 1 aliphatic heterocycles. The number of likely N-dealkylation sites (tertiary alicyclic amines) is 1. The van der Waals surface area contributed by atoms with E-state index in [0.717, 1.165) is 38.5 Å². The summed E-state index contributed by atoms with van der Waals surface area (Å²) in [6, 6.07) is 14.4. The van der Waals surface area contributed by atoms with Gasteiger partial charge < -0.3 is 10.3 Å². The van der Waals surface area contributed by atoms with Crippen molar-refractivity contribution in [2.24, 2.45) is 5.92 Å². The highest BCUT2D eigenvalue weighted by molar-refractivity contribution is 6.04. The van der Waals surface area contributed by atoms with Gasteiger partial charge in [0.05, 0.1) is 0 Å². The molecule has 1 heterocycles. The predicted octanol–water partition coefficient (Wildman–Crippen LogP) is 3.03. The molecule has 1 aliphatic rings. The molecular formula is C23H31BF2N2O. The van der Waals surface area contributed by atoms with E-state index in [1.165, 1.54) is 11.6 Å². The van der Waals surface area contributed by atoms with Crippen molar-refractivity contribution < 1.29 is 13.9 Å². The van der Waals surface area contributed by atoms with Gasteiger partial charge in [0.1, 0.15) is 11.6 Å². The Kier molecular flexibility index (Phi) is 7.81. The molecule has 156 valence electrons. The van der Waals surface area contributed by atoms with Gasteiger partial charge >= 0.3 is 0 Å². The van der Waals surface area contributed by atoms with Gasteiger partial charge in [-0.25, -0.2) is 8.78 Å². The van der Waals surface area contributed by atoms with Crippen LogP contribution in [0.15, 0.2) is 48.5 Å². The Labute approximate surface area is 173 Å². The summed E-state index contributed by atoms with van der Waals surface area (Å²) >= 11 is 0. The molecule has 1 saturated heterocycles. The molecule has 3 rings (SSSR count). The van der Waals surface area contributed by atoms with Crippen molar-refractivity contribution in [2.75, 3.05) is 26.2 Å². The lowest BCUT2D eigenvalue weighted by atomic mass is 9.63. The first-order valence-electron chi connectivity index (χ1n) is 10.6. The highest BCUT2D eigenvalue weighted by Crippen LogP contribution is 2.43. The number of piperidine rings is 1. The molecule has 1 atom stereocenters. The molecule has 1 fully saturated rings. The summed E-state index contributed by atoms with van der Waals surface area (Å²) in [5.41, 5.74) is 1.43. The van der Waals surface area contributed by atoms with E-state index in [2.05, 4.69) is 34.4 Å². The molecule has 3 nitrogen and oxygen atoms in total. The first kappa shape index (κ1) is 21.9. The maximum Gasteiger partial charge on any atom is 0.181 e. The van der Waals surface area contributed by atoms with Crippen molar-refractivity contribution in [1.29, 1.82) is 0 Å². The number of benzene rings is 2. The topological polar surface area (TPSA) is 35.5 Å². The van der Waals surface area contributed by atoms with Crippen LogP contribution < -0.4 is 5.23 Å². The number of aliphatic hydroxyl groups is 1. The van der Waals surface area contributed by atoms with E-state index in [1.807, 2.05) is 14.0 Å². The Bertz CT molecular complexity index is 769. The summed E-state index contributed by atoms with van der Waals surface area (Å²) in [7, 11) is 1.87. The number of hydrogen-bond donors (Lipinski definition) is 2. The summed E-state index contributed by atoms with van der Waals surface area (Å²) < 4.78 is 28.4. The molecule has 0 radical (unpaired) electrons. The van der Waals surface area contributed by atoms with Gasteiger partial charge in [-0.15, -0.1) is 0 Å². The summed E-state index contributed by atoms with van der Waals surface area (Å²) in [6.45, 7) is 3.51. The van der Waals surface area contributed by atoms with E-state index in [0.29, 0.717) is 24.9 Å². The van der Waals surface area contributed by atoms with Gasteiger partial charge in [0, 0.05) is 24.6 Å². The van der Waals surface area contributed by atoms with Crippen LogP contribution in [0.3, 0.4) is 0 Å². The van der Waals surface area contributed by atoms with Crippen LogP contribution in [0.25, 0.3) is 0 Å². The molecule has 2 N–H and O–H groups in total. The second kappa shape index (κ2) is 10.3. The lowest BCUT2D eigenvalue weighted by molar-refractivity contribution is 0.108. The second-order valence-electron chi connectivity index (χ2n) is 8.17. The highest BCUT2D eigenvalue weighted by Gasteiger charge is 2.42. The molecule has 29 heavy (non-hydrogen) atoms. The van der Waals surface area contributed by atoms with Crippen molar-refractivity contribution in [3.8, 4) is 0 Å². The number of nitrogens with one attached hydrogen (secondary N) is 1. The zero-order valence-electron chi connectivity index (χ0n) is 17.2. The van der Waals surface area contributed by atoms with Crippen LogP contribution in [-0.2, 0) is 12.0 Å². The summed E-state index contributed by atoms with van der Waals surface area (Å²) in [5, 5.41) is 12.7. The number of halogens is 2. The van der Waals surface area contributed by atoms with Crippen LogP contribution in [0.1, 0.15) is 36.8 Å². The molecule has 0 amide bonds. The fraction of sp³-hybridized carbons (Fsp3) is 0.478. The SMILES string of the molecule is BNCC(CCCO)(c1ccc(F)cc1F)C1CCN(Cc2ccccc2)CC1. The van der Waals surface area contributed by atoms with Crippen molar-refractivity contribution in [1.82, 2.24) is 10.1 Å². The Hall–Kier alpha value is -1.76. The molecule has 1 unspecified atom stereocenters. The smallest absolute Gasteiger partial charge is 0.181 e. The van der Waals surface area contributed by atoms with Gasteiger partial charge in [-0.05, 0) is 68.4 Å². The molecule has 0 saturated carbocycles. The number of rotatable bonds is 9. The lowest BCUT2D eigenvalue weighted by Gasteiger charge is -2.46. The van der Waals surface area contributed by atoms with Crippen LogP contribution in [0.2, 0.25) is 0 Å². The van der Waals surface area contributed by atoms with Crippen molar-refractivity contribution in [3.63, 3.8) is 0 Å². The Morgan fingerprint density at radius 2 is 1.83 bits per heavy atom. The average molecular weight is 400 g/mol. The van der Waals surface area contributed by atoms with E-state index < -0.39 is 17.0 Å². The van der Waals surface area contributed by atoms with Gasteiger partial charge in [0.15, 0.2) is 7.98 Å². The standard InChI is InChI=1S/C23H31BF2N2O/c24-27-17-23(11-4-14-29,21-8-7-20(25)15-22(21)26)19-9-12-28(13-10-19)16-18-5-2-1-3-6-18/h1-3,5-8,15,19,27,29H,4,9-14,16-17,24H2. The minimum atomic E-state index is -0.551. The minimum absolute atomic E-state index is 0.0706. The Balaban J connectivity index is 1.81. The van der Waals surface area contributed by atoms with Crippen molar-refractivity contribution >= 4 is 7.98 Å². The van der Waals surface area contributed by atoms with Crippen LogP contribution in [-0.4, -0.2) is 44.2 Å². The van der Waals surface area contributed by atoms with E-state index in [1.54, 1.807) is 6.07 Å². The monoisotopic (exact) mass is 400 g/mol.